The highest BCUT2D eigenvalue weighted by molar-refractivity contribution is 7.98. The fraction of sp³-hybridized carbons (Fsp3) is 0.207. The lowest BCUT2D eigenvalue weighted by atomic mass is 9.95. The zero-order chi connectivity index (χ0) is 26.8. The number of fused-ring (bicyclic) bond motifs is 1. The first-order valence-electron chi connectivity index (χ1n) is 12.2. The van der Waals surface area contributed by atoms with E-state index in [4.69, 9.17) is 21.7 Å². The minimum atomic E-state index is -0.435. The lowest BCUT2D eigenvalue weighted by Crippen LogP contribution is -2.31. The summed E-state index contributed by atoms with van der Waals surface area (Å²) in [5.74, 6) is 1.07. The van der Waals surface area contributed by atoms with Crippen molar-refractivity contribution in [2.45, 2.75) is 42.6 Å². The van der Waals surface area contributed by atoms with Crippen LogP contribution in [0.15, 0.2) is 88.1 Å². The van der Waals surface area contributed by atoms with Crippen LogP contribution in [0.2, 0.25) is 5.02 Å². The van der Waals surface area contributed by atoms with Crippen molar-refractivity contribution in [3.63, 3.8) is 0 Å². The van der Waals surface area contributed by atoms with E-state index in [1.807, 2.05) is 68.1 Å². The average Bonchev–Trinajstić information content (AvgIpc) is 3.31. The highest BCUT2D eigenvalue weighted by Gasteiger charge is 2.34. The minimum absolute atomic E-state index is 0.174. The molecule has 2 heterocycles. The van der Waals surface area contributed by atoms with E-state index in [0.29, 0.717) is 22.4 Å². The SMILES string of the molecule is CSc1ccc([C@H]2C(C(=O)Nc3ccc(C)cc3C)=C(C)Nc3nc(SCc4ccccc4Cl)nn32)cc1. The van der Waals surface area contributed by atoms with Gasteiger partial charge in [-0.15, -0.1) is 16.9 Å². The number of allylic oxidation sites excluding steroid dienone is 1. The zero-order valence-electron chi connectivity index (χ0n) is 21.6. The Hall–Kier alpha value is -3.20. The van der Waals surface area contributed by atoms with Crippen LogP contribution in [0.1, 0.15) is 35.2 Å². The van der Waals surface area contributed by atoms with Gasteiger partial charge in [-0.1, -0.05) is 71.4 Å². The van der Waals surface area contributed by atoms with Crippen molar-refractivity contribution in [1.82, 2.24) is 14.8 Å². The highest BCUT2D eigenvalue weighted by atomic mass is 35.5. The fourth-order valence-electron chi connectivity index (χ4n) is 4.48. The van der Waals surface area contributed by atoms with E-state index in [1.54, 1.807) is 11.8 Å². The number of halogens is 1. The van der Waals surface area contributed by atoms with Crippen LogP contribution < -0.4 is 10.6 Å². The molecule has 6 nitrogen and oxygen atoms in total. The molecular weight excluding hydrogens is 534 g/mol. The molecule has 0 fully saturated rings. The van der Waals surface area contributed by atoms with Crippen molar-refractivity contribution in [3.8, 4) is 0 Å². The number of benzene rings is 3. The number of aromatic nitrogens is 3. The second-order valence-electron chi connectivity index (χ2n) is 9.15. The molecule has 0 saturated heterocycles. The number of thioether (sulfide) groups is 2. The van der Waals surface area contributed by atoms with Gasteiger partial charge in [0.2, 0.25) is 11.1 Å². The quantitative estimate of drug-likeness (QED) is 0.228. The summed E-state index contributed by atoms with van der Waals surface area (Å²) in [7, 11) is 0. The fourth-order valence-corrected chi connectivity index (χ4v) is 6.01. The van der Waals surface area contributed by atoms with E-state index in [9.17, 15) is 4.79 Å². The number of hydrogen-bond acceptors (Lipinski definition) is 6. The van der Waals surface area contributed by atoms with Crippen molar-refractivity contribution in [2.24, 2.45) is 0 Å². The summed E-state index contributed by atoms with van der Waals surface area (Å²) < 4.78 is 1.81. The van der Waals surface area contributed by atoms with Gasteiger partial charge in [0.1, 0.15) is 6.04 Å². The predicted octanol–water partition coefficient (Wildman–Crippen LogP) is 7.49. The second kappa shape index (κ2) is 11.3. The van der Waals surface area contributed by atoms with E-state index < -0.39 is 6.04 Å². The molecule has 5 rings (SSSR count). The van der Waals surface area contributed by atoms with E-state index >= 15 is 0 Å². The van der Waals surface area contributed by atoms with Gasteiger partial charge in [0.05, 0.1) is 5.57 Å². The monoisotopic (exact) mass is 561 g/mol. The Labute approximate surface area is 236 Å². The van der Waals surface area contributed by atoms with Crippen LogP contribution >= 0.6 is 35.1 Å². The molecule has 1 atom stereocenters. The molecule has 4 aromatic rings. The van der Waals surface area contributed by atoms with Crippen molar-refractivity contribution >= 4 is 52.7 Å². The Morgan fingerprint density at radius 2 is 1.84 bits per heavy atom. The molecule has 194 valence electrons. The molecule has 0 aliphatic carbocycles. The maximum atomic E-state index is 13.8. The molecule has 3 aromatic carbocycles. The summed E-state index contributed by atoms with van der Waals surface area (Å²) in [5, 5.41) is 12.6. The molecule has 2 N–H and O–H groups in total. The number of carbonyl (C=O) groups is 1. The number of hydrogen-bond donors (Lipinski definition) is 2. The van der Waals surface area contributed by atoms with Gasteiger partial charge in [-0.3, -0.25) is 4.79 Å². The Kier molecular flexibility index (Phi) is 7.83. The molecule has 1 amide bonds. The molecule has 1 aromatic heterocycles. The first-order chi connectivity index (χ1) is 18.3. The van der Waals surface area contributed by atoms with Gasteiger partial charge < -0.3 is 10.6 Å². The maximum Gasteiger partial charge on any atom is 0.255 e. The van der Waals surface area contributed by atoms with Crippen molar-refractivity contribution < 1.29 is 4.79 Å². The van der Waals surface area contributed by atoms with Crippen LogP contribution in [0.3, 0.4) is 0 Å². The zero-order valence-corrected chi connectivity index (χ0v) is 24.0. The Morgan fingerprint density at radius 3 is 2.55 bits per heavy atom. The summed E-state index contributed by atoms with van der Waals surface area (Å²) in [6.45, 7) is 5.95. The first-order valence-corrected chi connectivity index (χ1v) is 14.8. The van der Waals surface area contributed by atoms with Crippen molar-refractivity contribution in [1.29, 1.82) is 0 Å². The normalized spacial score (nSPS) is 14.7. The molecule has 1 aliphatic rings. The van der Waals surface area contributed by atoms with Crippen LogP contribution in [0.25, 0.3) is 0 Å². The third-order valence-electron chi connectivity index (χ3n) is 6.45. The molecular formula is C29H28ClN5OS2. The number of aryl methyl sites for hydroxylation is 2. The molecule has 0 spiro atoms. The average molecular weight is 562 g/mol. The Bertz CT molecular complexity index is 1530. The van der Waals surface area contributed by atoms with Gasteiger partial charge in [0.15, 0.2) is 0 Å². The Morgan fingerprint density at radius 1 is 1.08 bits per heavy atom. The summed E-state index contributed by atoms with van der Waals surface area (Å²) in [6.07, 6.45) is 2.05. The van der Waals surface area contributed by atoms with Gasteiger partial charge in [0, 0.05) is 27.1 Å². The standard InChI is InChI=1S/C29H28ClN5OS2/c1-17-9-14-24(18(2)15-17)32-27(36)25-19(3)31-28-33-29(38-16-21-7-5-6-8-23(21)30)34-35(28)26(25)20-10-12-22(37-4)13-11-20/h5-15,26H,16H2,1-4H3,(H,32,36)(H,31,33,34)/t26-/m0/s1. The van der Waals surface area contributed by atoms with Crippen LogP contribution in [0.4, 0.5) is 11.6 Å². The third kappa shape index (κ3) is 5.48. The largest absolute Gasteiger partial charge is 0.328 e. The lowest BCUT2D eigenvalue weighted by Gasteiger charge is -2.29. The number of rotatable bonds is 7. The van der Waals surface area contributed by atoms with Crippen molar-refractivity contribution in [3.05, 3.63) is 105 Å². The van der Waals surface area contributed by atoms with E-state index in [2.05, 4.69) is 41.0 Å². The molecule has 0 saturated carbocycles. The maximum absolute atomic E-state index is 13.8. The van der Waals surface area contributed by atoms with E-state index in [-0.39, 0.29) is 5.91 Å². The molecule has 9 heteroatoms. The summed E-state index contributed by atoms with van der Waals surface area (Å²) >= 11 is 9.54. The molecule has 1 aliphatic heterocycles. The number of nitrogens with zero attached hydrogens (tertiary/aromatic N) is 3. The van der Waals surface area contributed by atoms with Crippen LogP contribution in [0, 0.1) is 13.8 Å². The Balaban J connectivity index is 1.50. The van der Waals surface area contributed by atoms with Gasteiger partial charge >= 0.3 is 0 Å². The molecule has 38 heavy (non-hydrogen) atoms. The number of anilines is 2. The van der Waals surface area contributed by atoms with Crippen LogP contribution in [-0.2, 0) is 10.5 Å². The van der Waals surface area contributed by atoms with Gasteiger partial charge in [-0.05, 0) is 68.0 Å². The first kappa shape index (κ1) is 26.4. The summed E-state index contributed by atoms with van der Waals surface area (Å²) in [4.78, 5) is 19.7. The van der Waals surface area contributed by atoms with Gasteiger partial charge in [-0.25, -0.2) is 4.68 Å². The lowest BCUT2D eigenvalue weighted by molar-refractivity contribution is -0.113. The number of nitrogens with one attached hydrogen (secondary N) is 2. The summed E-state index contributed by atoms with van der Waals surface area (Å²) in [5.41, 5.74) is 6.28. The van der Waals surface area contributed by atoms with Gasteiger partial charge in [0.25, 0.3) is 5.91 Å². The number of carbonyl (C=O) groups excluding carboxylic acids is 1. The summed E-state index contributed by atoms with van der Waals surface area (Å²) in [6, 6.07) is 21.6. The molecule has 0 unspecified atom stereocenters. The van der Waals surface area contributed by atoms with Crippen LogP contribution in [0.5, 0.6) is 0 Å². The van der Waals surface area contributed by atoms with E-state index in [0.717, 1.165) is 43.6 Å². The second-order valence-corrected chi connectivity index (χ2v) is 11.4. The molecule has 0 radical (unpaired) electrons. The third-order valence-corrected chi connectivity index (χ3v) is 8.45. The molecule has 0 bridgehead atoms. The van der Waals surface area contributed by atoms with Crippen molar-refractivity contribution in [2.75, 3.05) is 16.9 Å². The minimum Gasteiger partial charge on any atom is -0.328 e. The predicted molar refractivity (Wildman–Crippen MR) is 158 cm³/mol. The number of amides is 1. The van der Waals surface area contributed by atoms with Crippen LogP contribution in [-0.4, -0.2) is 26.9 Å². The topological polar surface area (TPSA) is 71.8 Å². The van der Waals surface area contributed by atoms with E-state index in [1.165, 1.54) is 11.8 Å². The smallest absolute Gasteiger partial charge is 0.255 e. The highest BCUT2D eigenvalue weighted by Crippen LogP contribution is 2.38. The van der Waals surface area contributed by atoms with Gasteiger partial charge in [-0.2, -0.15) is 4.98 Å².